The van der Waals surface area contributed by atoms with Crippen molar-refractivity contribution in [3.8, 4) is 5.75 Å². The maximum absolute atomic E-state index is 13.1. The van der Waals surface area contributed by atoms with Crippen molar-refractivity contribution >= 4 is 0 Å². The molecule has 0 saturated heterocycles. The van der Waals surface area contributed by atoms with Gasteiger partial charge in [0.05, 0.1) is 0 Å². The minimum absolute atomic E-state index is 0.0747. The zero-order chi connectivity index (χ0) is 9.84. The van der Waals surface area contributed by atoms with Crippen LogP contribution in [0.1, 0.15) is 5.56 Å². The van der Waals surface area contributed by atoms with E-state index < -0.39 is 17.4 Å². The molecule has 0 unspecified atom stereocenters. The average Bonchev–Trinajstić information content (AvgIpc) is 2.12. The summed E-state index contributed by atoms with van der Waals surface area (Å²) in [6.07, 6.45) is 0.225. The van der Waals surface area contributed by atoms with Crippen molar-refractivity contribution in [3.63, 3.8) is 0 Å². The lowest BCUT2D eigenvalue weighted by Gasteiger charge is -2.05. The summed E-state index contributed by atoms with van der Waals surface area (Å²) in [5.41, 5.74) is -0.0747. The van der Waals surface area contributed by atoms with E-state index in [1.165, 1.54) is 0 Å². The van der Waals surface area contributed by atoms with Crippen LogP contribution in [0, 0.1) is 11.6 Å². The van der Waals surface area contributed by atoms with E-state index in [0.717, 1.165) is 12.1 Å². The quantitative estimate of drug-likeness (QED) is 0.750. The summed E-state index contributed by atoms with van der Waals surface area (Å²) in [6, 6.07) is 2.07. The largest absolute Gasteiger partial charge is 0.505 e. The minimum Gasteiger partial charge on any atom is -0.505 e. The first-order chi connectivity index (χ1) is 6.16. The first-order valence-corrected chi connectivity index (χ1v) is 3.97. The smallest absolute Gasteiger partial charge is 0.170 e. The van der Waals surface area contributed by atoms with Gasteiger partial charge in [-0.05, 0) is 32.1 Å². The Labute approximate surface area is 75.2 Å². The number of benzene rings is 1. The number of rotatable bonds is 3. The highest BCUT2D eigenvalue weighted by Gasteiger charge is 2.11. The molecule has 0 aromatic heterocycles. The van der Waals surface area contributed by atoms with E-state index in [-0.39, 0.29) is 12.0 Å². The Morgan fingerprint density at radius 1 is 1.38 bits per heavy atom. The van der Waals surface area contributed by atoms with Crippen LogP contribution >= 0.6 is 0 Å². The van der Waals surface area contributed by atoms with Gasteiger partial charge in [0.25, 0.3) is 0 Å². The molecule has 0 amide bonds. The molecule has 2 nitrogen and oxygen atoms in total. The maximum Gasteiger partial charge on any atom is 0.170 e. The van der Waals surface area contributed by atoms with Crippen LogP contribution in [-0.2, 0) is 6.42 Å². The van der Waals surface area contributed by atoms with E-state index in [4.69, 9.17) is 5.11 Å². The van der Waals surface area contributed by atoms with Gasteiger partial charge in [-0.3, -0.25) is 0 Å². The molecule has 0 radical (unpaired) electrons. The Kier molecular flexibility index (Phi) is 3.19. The molecule has 1 rings (SSSR count). The third-order valence-corrected chi connectivity index (χ3v) is 1.79. The molecule has 72 valence electrons. The van der Waals surface area contributed by atoms with Gasteiger partial charge in [0.1, 0.15) is 5.82 Å². The fourth-order valence-corrected chi connectivity index (χ4v) is 1.06. The molecular formula is C9H11F2NO. The topological polar surface area (TPSA) is 32.3 Å². The van der Waals surface area contributed by atoms with Crippen molar-refractivity contribution in [3.05, 3.63) is 29.3 Å². The molecule has 0 fully saturated rings. The van der Waals surface area contributed by atoms with Crippen LogP contribution in [0.25, 0.3) is 0 Å². The lowest BCUT2D eigenvalue weighted by molar-refractivity contribution is 0.421. The van der Waals surface area contributed by atoms with Crippen molar-refractivity contribution in [1.82, 2.24) is 5.32 Å². The summed E-state index contributed by atoms with van der Waals surface area (Å²) >= 11 is 0. The third-order valence-electron chi connectivity index (χ3n) is 1.79. The molecule has 0 saturated carbocycles. The number of aromatic hydroxyl groups is 1. The molecule has 0 spiro atoms. The highest BCUT2D eigenvalue weighted by Crippen LogP contribution is 2.21. The maximum atomic E-state index is 13.1. The summed E-state index contributed by atoms with van der Waals surface area (Å²) in [5, 5.41) is 11.7. The number of likely N-dealkylation sites (N-methyl/N-ethyl adjacent to an activating group) is 1. The Morgan fingerprint density at radius 2 is 2.08 bits per heavy atom. The number of halogens is 2. The number of hydrogen-bond donors (Lipinski definition) is 2. The van der Waals surface area contributed by atoms with E-state index in [1.807, 2.05) is 0 Å². The number of phenols is 1. The van der Waals surface area contributed by atoms with E-state index in [0.29, 0.717) is 6.54 Å². The predicted octanol–water partition coefficient (Wildman–Crippen LogP) is 1.43. The molecular weight excluding hydrogens is 176 g/mol. The normalized spacial score (nSPS) is 10.4. The van der Waals surface area contributed by atoms with Crippen LogP contribution < -0.4 is 5.32 Å². The Balaban J connectivity index is 2.96. The summed E-state index contributed by atoms with van der Waals surface area (Å²) in [5.74, 6) is -1.99. The van der Waals surface area contributed by atoms with Crippen LogP contribution in [-0.4, -0.2) is 18.7 Å². The number of hydrogen-bond acceptors (Lipinski definition) is 2. The van der Waals surface area contributed by atoms with Gasteiger partial charge in [-0.1, -0.05) is 0 Å². The Bertz CT molecular complexity index is 302. The van der Waals surface area contributed by atoms with Gasteiger partial charge in [0, 0.05) is 5.56 Å². The fourth-order valence-electron chi connectivity index (χ4n) is 1.06. The van der Waals surface area contributed by atoms with Gasteiger partial charge in [-0.2, -0.15) is 0 Å². The lowest BCUT2D eigenvalue weighted by Crippen LogP contribution is -2.12. The fraction of sp³-hybridized carbons (Fsp3) is 0.333. The van der Waals surface area contributed by atoms with E-state index >= 15 is 0 Å². The van der Waals surface area contributed by atoms with Gasteiger partial charge in [-0.15, -0.1) is 0 Å². The average molecular weight is 187 g/mol. The van der Waals surface area contributed by atoms with Crippen LogP contribution in [0.4, 0.5) is 8.78 Å². The van der Waals surface area contributed by atoms with E-state index in [1.54, 1.807) is 7.05 Å². The zero-order valence-electron chi connectivity index (χ0n) is 7.27. The molecule has 0 aliphatic heterocycles. The van der Waals surface area contributed by atoms with E-state index in [2.05, 4.69) is 5.32 Å². The van der Waals surface area contributed by atoms with Crippen molar-refractivity contribution in [2.75, 3.05) is 13.6 Å². The summed E-state index contributed by atoms with van der Waals surface area (Å²) in [7, 11) is 1.69. The summed E-state index contributed by atoms with van der Waals surface area (Å²) in [4.78, 5) is 0. The van der Waals surface area contributed by atoms with Gasteiger partial charge < -0.3 is 10.4 Å². The summed E-state index contributed by atoms with van der Waals surface area (Å²) < 4.78 is 26.0. The highest BCUT2D eigenvalue weighted by molar-refractivity contribution is 5.31. The molecule has 0 heterocycles. The minimum atomic E-state index is -0.866. The number of nitrogens with one attached hydrogen (secondary N) is 1. The monoisotopic (exact) mass is 187 g/mol. The standard InChI is InChI=1S/C9H11F2NO/c1-12-5-4-6-7(10)2-3-8(13)9(6)11/h2-3,12-13H,4-5H2,1H3. The first kappa shape index (κ1) is 9.92. The lowest BCUT2D eigenvalue weighted by atomic mass is 10.1. The molecule has 4 heteroatoms. The molecule has 0 aliphatic rings. The van der Waals surface area contributed by atoms with Gasteiger partial charge >= 0.3 is 0 Å². The van der Waals surface area contributed by atoms with Crippen LogP contribution in [0.2, 0.25) is 0 Å². The zero-order valence-corrected chi connectivity index (χ0v) is 7.27. The van der Waals surface area contributed by atoms with Crippen LogP contribution in [0.5, 0.6) is 5.75 Å². The first-order valence-electron chi connectivity index (χ1n) is 3.97. The second-order valence-corrected chi connectivity index (χ2v) is 2.71. The molecule has 13 heavy (non-hydrogen) atoms. The third kappa shape index (κ3) is 2.15. The molecule has 1 aromatic rings. The van der Waals surface area contributed by atoms with Crippen molar-refractivity contribution < 1.29 is 13.9 Å². The molecule has 2 N–H and O–H groups in total. The predicted molar refractivity (Wildman–Crippen MR) is 45.7 cm³/mol. The molecule has 0 bridgehead atoms. The second-order valence-electron chi connectivity index (χ2n) is 2.71. The van der Waals surface area contributed by atoms with E-state index in [9.17, 15) is 8.78 Å². The SMILES string of the molecule is CNCCc1c(F)ccc(O)c1F. The van der Waals surface area contributed by atoms with Crippen LogP contribution in [0.3, 0.4) is 0 Å². The molecule has 1 aromatic carbocycles. The van der Waals surface area contributed by atoms with Crippen molar-refractivity contribution in [1.29, 1.82) is 0 Å². The number of phenolic OH excluding ortho intramolecular Hbond substituents is 1. The Hall–Kier alpha value is -1.16. The summed E-state index contributed by atoms with van der Waals surface area (Å²) in [6.45, 7) is 0.470. The molecule has 0 aliphatic carbocycles. The molecule has 0 atom stereocenters. The highest BCUT2D eigenvalue weighted by atomic mass is 19.1. The van der Waals surface area contributed by atoms with Crippen molar-refractivity contribution in [2.24, 2.45) is 0 Å². The van der Waals surface area contributed by atoms with Gasteiger partial charge in [-0.25, -0.2) is 8.78 Å². The second kappa shape index (κ2) is 4.18. The van der Waals surface area contributed by atoms with Crippen molar-refractivity contribution in [2.45, 2.75) is 6.42 Å². The van der Waals surface area contributed by atoms with Gasteiger partial charge in [0.15, 0.2) is 11.6 Å². The Morgan fingerprint density at radius 3 is 2.69 bits per heavy atom. The van der Waals surface area contributed by atoms with Gasteiger partial charge in [0.2, 0.25) is 0 Å². The van der Waals surface area contributed by atoms with Crippen LogP contribution in [0.15, 0.2) is 12.1 Å².